The Bertz CT molecular complexity index is 642. The average molecular weight is 328 g/mol. The van der Waals surface area contributed by atoms with Gasteiger partial charge in [-0.1, -0.05) is 0 Å². The standard InChI is InChI=1S/C18H24N4O2/c1-22(10-7-14-8-11-24-12-9-14)18-20-17(13-19-21-18)15-3-5-16(23-2)6-4-15/h3-6,13-14H,7-12H2,1-2H3. The lowest BCUT2D eigenvalue weighted by molar-refractivity contribution is 0.0645. The highest BCUT2D eigenvalue weighted by atomic mass is 16.5. The quantitative estimate of drug-likeness (QED) is 0.812. The molecule has 1 aromatic heterocycles. The number of benzene rings is 1. The van der Waals surface area contributed by atoms with Crippen LogP contribution in [0.3, 0.4) is 0 Å². The van der Waals surface area contributed by atoms with Gasteiger partial charge in [-0.3, -0.25) is 0 Å². The molecule has 0 amide bonds. The molecule has 0 aliphatic carbocycles. The first-order valence-corrected chi connectivity index (χ1v) is 8.39. The van der Waals surface area contributed by atoms with Crippen LogP contribution in [0.15, 0.2) is 30.5 Å². The maximum absolute atomic E-state index is 5.42. The predicted molar refractivity (Wildman–Crippen MR) is 93.2 cm³/mol. The highest BCUT2D eigenvalue weighted by Crippen LogP contribution is 2.22. The van der Waals surface area contributed by atoms with Gasteiger partial charge in [0.2, 0.25) is 5.95 Å². The summed E-state index contributed by atoms with van der Waals surface area (Å²) < 4.78 is 10.6. The summed E-state index contributed by atoms with van der Waals surface area (Å²) in [6, 6.07) is 7.81. The van der Waals surface area contributed by atoms with Crippen molar-refractivity contribution in [3.05, 3.63) is 30.5 Å². The first-order valence-electron chi connectivity index (χ1n) is 8.39. The van der Waals surface area contributed by atoms with Crippen LogP contribution in [0.4, 0.5) is 5.95 Å². The minimum atomic E-state index is 0.662. The van der Waals surface area contributed by atoms with Crippen molar-refractivity contribution in [2.24, 2.45) is 5.92 Å². The van der Waals surface area contributed by atoms with Crippen molar-refractivity contribution in [3.63, 3.8) is 0 Å². The van der Waals surface area contributed by atoms with Gasteiger partial charge in [0.25, 0.3) is 0 Å². The fourth-order valence-corrected chi connectivity index (χ4v) is 2.87. The third-order valence-electron chi connectivity index (χ3n) is 4.49. The van der Waals surface area contributed by atoms with Crippen molar-refractivity contribution >= 4 is 5.95 Å². The molecule has 0 N–H and O–H groups in total. The molecule has 0 bridgehead atoms. The largest absolute Gasteiger partial charge is 0.497 e. The average Bonchev–Trinajstić information content (AvgIpc) is 2.67. The zero-order chi connectivity index (χ0) is 16.8. The van der Waals surface area contributed by atoms with Crippen LogP contribution in [-0.2, 0) is 4.74 Å². The smallest absolute Gasteiger partial charge is 0.245 e. The van der Waals surface area contributed by atoms with Gasteiger partial charge in [-0.05, 0) is 49.4 Å². The molecule has 0 saturated carbocycles. The maximum Gasteiger partial charge on any atom is 0.245 e. The molecule has 3 rings (SSSR count). The molecule has 128 valence electrons. The third-order valence-corrected chi connectivity index (χ3v) is 4.49. The Balaban J connectivity index is 1.64. The van der Waals surface area contributed by atoms with Crippen LogP contribution in [0.2, 0.25) is 0 Å². The van der Waals surface area contributed by atoms with E-state index in [0.717, 1.165) is 61.9 Å². The monoisotopic (exact) mass is 328 g/mol. The molecule has 1 saturated heterocycles. The van der Waals surface area contributed by atoms with Crippen molar-refractivity contribution in [3.8, 4) is 17.0 Å². The SMILES string of the molecule is COc1ccc(-c2cnnc(N(C)CCC3CCOCC3)n2)cc1. The van der Waals surface area contributed by atoms with E-state index in [1.807, 2.05) is 31.3 Å². The summed E-state index contributed by atoms with van der Waals surface area (Å²) in [6.45, 7) is 2.71. The van der Waals surface area contributed by atoms with Gasteiger partial charge in [0, 0.05) is 32.4 Å². The van der Waals surface area contributed by atoms with E-state index in [2.05, 4.69) is 20.1 Å². The van der Waals surface area contributed by atoms with E-state index in [4.69, 9.17) is 9.47 Å². The summed E-state index contributed by atoms with van der Waals surface area (Å²) in [4.78, 5) is 6.73. The highest BCUT2D eigenvalue weighted by molar-refractivity contribution is 5.60. The molecular formula is C18H24N4O2. The molecule has 1 aliphatic heterocycles. The third kappa shape index (κ3) is 4.20. The lowest BCUT2D eigenvalue weighted by atomic mass is 9.96. The van der Waals surface area contributed by atoms with Gasteiger partial charge in [0.1, 0.15) is 5.75 Å². The molecule has 0 atom stereocenters. The fourth-order valence-electron chi connectivity index (χ4n) is 2.87. The zero-order valence-corrected chi connectivity index (χ0v) is 14.3. The van der Waals surface area contributed by atoms with Crippen LogP contribution in [0, 0.1) is 5.92 Å². The molecular weight excluding hydrogens is 304 g/mol. The Kier molecular flexibility index (Phi) is 5.59. The van der Waals surface area contributed by atoms with Crippen molar-refractivity contribution in [2.45, 2.75) is 19.3 Å². The number of ether oxygens (including phenoxy) is 2. The van der Waals surface area contributed by atoms with E-state index < -0.39 is 0 Å². The number of rotatable bonds is 6. The van der Waals surface area contributed by atoms with E-state index in [1.165, 1.54) is 0 Å². The minimum absolute atomic E-state index is 0.662. The van der Waals surface area contributed by atoms with E-state index in [-0.39, 0.29) is 0 Å². The van der Waals surface area contributed by atoms with Crippen molar-refractivity contribution in [2.75, 3.05) is 38.8 Å². The molecule has 6 heteroatoms. The molecule has 1 fully saturated rings. The number of nitrogens with zero attached hydrogens (tertiary/aromatic N) is 4. The Morgan fingerprint density at radius 3 is 2.67 bits per heavy atom. The van der Waals surface area contributed by atoms with Crippen LogP contribution >= 0.6 is 0 Å². The first-order chi connectivity index (χ1) is 11.8. The van der Waals surface area contributed by atoms with Crippen LogP contribution in [0.5, 0.6) is 5.75 Å². The Morgan fingerprint density at radius 2 is 1.96 bits per heavy atom. The highest BCUT2D eigenvalue weighted by Gasteiger charge is 2.15. The molecule has 24 heavy (non-hydrogen) atoms. The predicted octanol–water partition coefficient (Wildman–Crippen LogP) is 2.80. The number of methoxy groups -OCH3 is 1. The Labute approximate surface area is 142 Å². The van der Waals surface area contributed by atoms with Gasteiger partial charge in [-0.2, -0.15) is 5.10 Å². The number of aromatic nitrogens is 3. The van der Waals surface area contributed by atoms with Crippen LogP contribution in [0.1, 0.15) is 19.3 Å². The van der Waals surface area contributed by atoms with Crippen molar-refractivity contribution < 1.29 is 9.47 Å². The van der Waals surface area contributed by atoms with Gasteiger partial charge >= 0.3 is 0 Å². The summed E-state index contributed by atoms with van der Waals surface area (Å²) in [5, 5.41) is 8.29. The van der Waals surface area contributed by atoms with E-state index in [1.54, 1.807) is 13.3 Å². The molecule has 2 heterocycles. The summed E-state index contributed by atoms with van der Waals surface area (Å²) in [7, 11) is 3.68. The molecule has 6 nitrogen and oxygen atoms in total. The Morgan fingerprint density at radius 1 is 1.21 bits per heavy atom. The summed E-state index contributed by atoms with van der Waals surface area (Å²) in [6.07, 6.45) is 5.13. The zero-order valence-electron chi connectivity index (χ0n) is 14.3. The first kappa shape index (κ1) is 16.6. The molecule has 2 aromatic rings. The molecule has 0 radical (unpaired) electrons. The van der Waals surface area contributed by atoms with Crippen molar-refractivity contribution in [1.29, 1.82) is 0 Å². The number of hydrogen-bond acceptors (Lipinski definition) is 6. The number of anilines is 1. The van der Waals surface area contributed by atoms with E-state index in [0.29, 0.717) is 5.95 Å². The van der Waals surface area contributed by atoms with Crippen molar-refractivity contribution in [1.82, 2.24) is 15.2 Å². The molecule has 0 spiro atoms. The van der Waals surface area contributed by atoms with Crippen LogP contribution in [-0.4, -0.2) is 49.1 Å². The maximum atomic E-state index is 5.42. The van der Waals surface area contributed by atoms with Gasteiger partial charge in [0.05, 0.1) is 19.0 Å². The lowest BCUT2D eigenvalue weighted by Gasteiger charge is -2.24. The van der Waals surface area contributed by atoms with E-state index in [9.17, 15) is 0 Å². The number of hydrogen-bond donors (Lipinski definition) is 0. The van der Waals surface area contributed by atoms with Crippen LogP contribution < -0.4 is 9.64 Å². The molecule has 1 aliphatic rings. The second-order valence-corrected chi connectivity index (χ2v) is 6.14. The summed E-state index contributed by atoms with van der Waals surface area (Å²) in [5.74, 6) is 2.23. The lowest BCUT2D eigenvalue weighted by Crippen LogP contribution is -2.25. The summed E-state index contributed by atoms with van der Waals surface area (Å²) >= 11 is 0. The van der Waals surface area contributed by atoms with Crippen LogP contribution in [0.25, 0.3) is 11.3 Å². The second kappa shape index (κ2) is 8.06. The normalized spacial score (nSPS) is 15.2. The second-order valence-electron chi connectivity index (χ2n) is 6.14. The van der Waals surface area contributed by atoms with Gasteiger partial charge in [-0.15, -0.1) is 5.10 Å². The van der Waals surface area contributed by atoms with E-state index >= 15 is 0 Å². The fraction of sp³-hybridized carbons (Fsp3) is 0.500. The topological polar surface area (TPSA) is 60.4 Å². The molecule has 1 aromatic carbocycles. The van der Waals surface area contributed by atoms with Gasteiger partial charge in [-0.25, -0.2) is 4.98 Å². The summed E-state index contributed by atoms with van der Waals surface area (Å²) in [5.41, 5.74) is 1.82. The minimum Gasteiger partial charge on any atom is -0.497 e. The Hall–Kier alpha value is -2.21. The van der Waals surface area contributed by atoms with Gasteiger partial charge < -0.3 is 14.4 Å². The molecule has 0 unspecified atom stereocenters. The van der Waals surface area contributed by atoms with Gasteiger partial charge in [0.15, 0.2) is 0 Å².